The summed E-state index contributed by atoms with van der Waals surface area (Å²) in [4.78, 5) is 15.4. The van der Waals surface area contributed by atoms with Crippen LogP contribution >= 0.6 is 0 Å². The molecule has 104 valence electrons. The fraction of sp³-hybridized carbons (Fsp3) is 0.0769. The molecule has 0 aliphatic carbocycles. The van der Waals surface area contributed by atoms with E-state index in [9.17, 15) is 26.7 Å². The monoisotopic (exact) mass is 287 g/mol. The minimum Gasteiger partial charge on any atom is -0.287 e. The maximum Gasteiger partial charge on any atom is 0.217 e. The predicted molar refractivity (Wildman–Crippen MR) is 58.6 cm³/mol. The van der Waals surface area contributed by atoms with Gasteiger partial charge in [-0.3, -0.25) is 9.78 Å². The van der Waals surface area contributed by atoms with Crippen LogP contribution in [-0.4, -0.2) is 10.8 Å². The van der Waals surface area contributed by atoms with Crippen molar-refractivity contribution in [2.45, 2.75) is 6.92 Å². The lowest BCUT2D eigenvalue weighted by Crippen LogP contribution is -2.14. The van der Waals surface area contributed by atoms with Crippen molar-refractivity contribution in [3.8, 4) is 0 Å². The second kappa shape index (κ2) is 4.99. The Morgan fingerprint density at radius 3 is 1.95 bits per heavy atom. The van der Waals surface area contributed by atoms with Crippen molar-refractivity contribution in [1.82, 2.24) is 4.98 Å². The third-order valence-corrected chi connectivity index (χ3v) is 2.58. The van der Waals surface area contributed by atoms with Crippen molar-refractivity contribution in [1.29, 1.82) is 0 Å². The van der Waals surface area contributed by atoms with Crippen LogP contribution in [0.2, 0.25) is 0 Å². The summed E-state index contributed by atoms with van der Waals surface area (Å²) in [5.41, 5.74) is -1.38. The van der Waals surface area contributed by atoms with Gasteiger partial charge in [-0.15, -0.1) is 0 Å². The number of carbonyl (C=O) groups excluding carboxylic acids is 1. The lowest BCUT2D eigenvalue weighted by Gasteiger charge is -2.07. The number of ketones is 1. The third-order valence-electron chi connectivity index (χ3n) is 2.58. The van der Waals surface area contributed by atoms with E-state index < -0.39 is 46.1 Å². The number of carbonyl (C=O) groups is 1. The zero-order valence-corrected chi connectivity index (χ0v) is 9.98. The summed E-state index contributed by atoms with van der Waals surface area (Å²) in [6, 6.07) is 2.69. The molecule has 1 heterocycles. The molecule has 0 fully saturated rings. The van der Waals surface area contributed by atoms with Crippen molar-refractivity contribution < 1.29 is 26.7 Å². The Labute approximate surface area is 109 Å². The molecule has 0 saturated heterocycles. The molecule has 0 spiro atoms. The van der Waals surface area contributed by atoms with Crippen molar-refractivity contribution in [2.75, 3.05) is 0 Å². The number of aryl methyl sites for hydroxylation is 1. The summed E-state index contributed by atoms with van der Waals surface area (Å²) in [5, 5.41) is 0. The third kappa shape index (κ3) is 2.15. The SMILES string of the molecule is Cc1ccnc(C(=O)c2c(F)c(F)c(F)c(F)c2F)c1. The molecule has 20 heavy (non-hydrogen) atoms. The van der Waals surface area contributed by atoms with Gasteiger partial charge in [-0.2, -0.15) is 0 Å². The maximum atomic E-state index is 13.5. The summed E-state index contributed by atoms with van der Waals surface area (Å²) >= 11 is 0. The van der Waals surface area contributed by atoms with Crippen LogP contribution in [0.3, 0.4) is 0 Å². The van der Waals surface area contributed by atoms with Crippen LogP contribution in [0.5, 0.6) is 0 Å². The molecule has 0 radical (unpaired) electrons. The van der Waals surface area contributed by atoms with Crippen LogP contribution in [0, 0.1) is 36.0 Å². The fourth-order valence-corrected chi connectivity index (χ4v) is 1.59. The van der Waals surface area contributed by atoms with E-state index in [4.69, 9.17) is 0 Å². The van der Waals surface area contributed by atoms with Crippen LogP contribution in [-0.2, 0) is 0 Å². The number of nitrogens with zero attached hydrogens (tertiary/aromatic N) is 1. The Balaban J connectivity index is 2.67. The number of halogens is 5. The highest BCUT2D eigenvalue weighted by Crippen LogP contribution is 2.24. The first-order valence-corrected chi connectivity index (χ1v) is 5.33. The Morgan fingerprint density at radius 1 is 0.950 bits per heavy atom. The predicted octanol–water partition coefficient (Wildman–Crippen LogP) is 3.32. The zero-order valence-electron chi connectivity index (χ0n) is 9.98. The Hall–Kier alpha value is -2.31. The van der Waals surface area contributed by atoms with E-state index >= 15 is 0 Å². The van der Waals surface area contributed by atoms with Crippen molar-refractivity contribution in [3.05, 3.63) is 64.2 Å². The van der Waals surface area contributed by atoms with E-state index in [1.165, 1.54) is 18.3 Å². The first-order valence-electron chi connectivity index (χ1n) is 5.33. The highest BCUT2D eigenvalue weighted by molar-refractivity contribution is 6.08. The van der Waals surface area contributed by atoms with Gasteiger partial charge in [0.1, 0.15) is 11.3 Å². The first kappa shape index (κ1) is 14.1. The molecule has 2 nitrogen and oxygen atoms in total. The molecule has 2 aromatic rings. The molecule has 2 rings (SSSR count). The lowest BCUT2D eigenvalue weighted by molar-refractivity contribution is 0.102. The highest BCUT2D eigenvalue weighted by Gasteiger charge is 2.30. The standard InChI is InChI=1S/C13H6F5NO/c1-5-2-3-19-6(4-5)13(20)7-8(14)10(16)12(18)11(17)9(7)15/h2-4H,1H3. The largest absolute Gasteiger partial charge is 0.287 e. The summed E-state index contributed by atoms with van der Waals surface area (Å²) in [5.74, 6) is -12.4. The van der Waals surface area contributed by atoms with E-state index in [1.54, 1.807) is 6.92 Å². The molecule has 1 aromatic heterocycles. The van der Waals surface area contributed by atoms with E-state index in [0.717, 1.165) is 0 Å². The van der Waals surface area contributed by atoms with E-state index in [2.05, 4.69) is 4.98 Å². The lowest BCUT2D eigenvalue weighted by atomic mass is 10.0. The number of rotatable bonds is 2. The Kier molecular flexibility index (Phi) is 3.52. The molecule has 7 heteroatoms. The number of aromatic nitrogens is 1. The summed E-state index contributed by atoms with van der Waals surface area (Å²) < 4.78 is 65.9. The molecule has 0 bridgehead atoms. The molecule has 0 aliphatic heterocycles. The maximum absolute atomic E-state index is 13.5. The van der Waals surface area contributed by atoms with Crippen LogP contribution in [0.15, 0.2) is 18.3 Å². The molecule has 0 aliphatic rings. The average Bonchev–Trinajstić information content (AvgIpc) is 2.43. The molecule has 0 unspecified atom stereocenters. The molecular weight excluding hydrogens is 281 g/mol. The summed E-state index contributed by atoms with van der Waals surface area (Å²) in [6.45, 7) is 1.58. The summed E-state index contributed by atoms with van der Waals surface area (Å²) in [7, 11) is 0. The smallest absolute Gasteiger partial charge is 0.217 e. The van der Waals surface area contributed by atoms with E-state index in [1.807, 2.05) is 0 Å². The van der Waals surface area contributed by atoms with Crippen LogP contribution in [0.25, 0.3) is 0 Å². The van der Waals surface area contributed by atoms with Gasteiger partial charge in [-0.25, -0.2) is 22.0 Å². The van der Waals surface area contributed by atoms with Gasteiger partial charge in [0.15, 0.2) is 23.3 Å². The zero-order chi connectivity index (χ0) is 15.0. The molecule has 0 amide bonds. The quantitative estimate of drug-likeness (QED) is 0.367. The van der Waals surface area contributed by atoms with Gasteiger partial charge in [0.05, 0.1) is 0 Å². The van der Waals surface area contributed by atoms with E-state index in [-0.39, 0.29) is 0 Å². The van der Waals surface area contributed by atoms with Crippen LogP contribution in [0.4, 0.5) is 22.0 Å². The Bertz CT molecular complexity index is 685. The normalized spacial score (nSPS) is 10.7. The van der Waals surface area contributed by atoms with Crippen molar-refractivity contribution in [3.63, 3.8) is 0 Å². The van der Waals surface area contributed by atoms with Gasteiger partial charge in [0.25, 0.3) is 0 Å². The second-order valence-electron chi connectivity index (χ2n) is 3.99. The van der Waals surface area contributed by atoms with Gasteiger partial charge < -0.3 is 0 Å². The molecular formula is C13H6F5NO. The van der Waals surface area contributed by atoms with Crippen molar-refractivity contribution in [2.24, 2.45) is 0 Å². The van der Waals surface area contributed by atoms with E-state index in [0.29, 0.717) is 5.56 Å². The van der Waals surface area contributed by atoms with Crippen molar-refractivity contribution >= 4 is 5.78 Å². The molecule has 0 atom stereocenters. The summed E-state index contributed by atoms with van der Waals surface area (Å²) in [6.07, 6.45) is 1.19. The highest BCUT2D eigenvalue weighted by atomic mass is 19.2. The molecule has 1 aromatic carbocycles. The van der Waals surface area contributed by atoms with Gasteiger partial charge in [0, 0.05) is 6.20 Å². The fourth-order valence-electron chi connectivity index (χ4n) is 1.59. The number of hydrogen-bond acceptors (Lipinski definition) is 2. The Morgan fingerprint density at radius 2 is 1.45 bits per heavy atom. The molecule has 0 saturated carbocycles. The van der Waals surface area contributed by atoms with Gasteiger partial charge in [-0.1, -0.05) is 0 Å². The van der Waals surface area contributed by atoms with Crippen LogP contribution in [0.1, 0.15) is 21.6 Å². The van der Waals surface area contributed by atoms with Gasteiger partial charge >= 0.3 is 0 Å². The number of pyridine rings is 1. The minimum absolute atomic E-state index is 0.409. The average molecular weight is 287 g/mol. The number of benzene rings is 1. The second-order valence-corrected chi connectivity index (χ2v) is 3.99. The minimum atomic E-state index is -2.31. The number of hydrogen-bond donors (Lipinski definition) is 0. The first-order chi connectivity index (χ1) is 9.34. The van der Waals surface area contributed by atoms with Gasteiger partial charge in [0.2, 0.25) is 11.6 Å². The topological polar surface area (TPSA) is 30.0 Å². The molecule has 0 N–H and O–H groups in total. The van der Waals surface area contributed by atoms with Crippen LogP contribution < -0.4 is 0 Å². The van der Waals surface area contributed by atoms with Gasteiger partial charge in [-0.05, 0) is 24.6 Å².